The Balaban J connectivity index is 3.07. The van der Waals surface area contributed by atoms with Crippen molar-refractivity contribution in [2.24, 2.45) is 0 Å². The maximum atomic E-state index is 13.3. The van der Waals surface area contributed by atoms with Crippen molar-refractivity contribution >= 4 is 22.6 Å². The molecule has 0 spiro atoms. The Morgan fingerprint density at radius 2 is 1.30 bits per heavy atom. The molecule has 0 atom stereocenters. The molecule has 12 heteroatoms. The van der Waals surface area contributed by atoms with Gasteiger partial charge in [-0.05, 0) is 46.9 Å². The van der Waals surface area contributed by atoms with Crippen LogP contribution in [0.3, 0.4) is 0 Å². The summed E-state index contributed by atoms with van der Waals surface area (Å²) in [5.41, 5.74) is 0. The van der Waals surface area contributed by atoms with Crippen LogP contribution in [0.15, 0.2) is 36.4 Å². The van der Waals surface area contributed by atoms with Gasteiger partial charge in [-0.15, -0.1) is 0 Å². The second kappa shape index (κ2) is 6.65. The Morgan fingerprint density at radius 1 is 0.826 bits per heavy atom. The summed E-state index contributed by atoms with van der Waals surface area (Å²) in [6.45, 7) is 0. The third-order valence-electron chi connectivity index (χ3n) is 2.16. The first-order chi connectivity index (χ1) is 10.3. The standard InChI is InChI=1S/C11H4F9IO2/c12-7(13)8(14)23-11(19,20)9(15,16)10(17,18)22-6-3-1-5(21)2-4-6/h1-4H. The molecule has 130 valence electrons. The van der Waals surface area contributed by atoms with E-state index in [9.17, 15) is 39.5 Å². The van der Waals surface area contributed by atoms with Gasteiger partial charge in [0.25, 0.3) is 0 Å². The molecule has 1 rings (SSSR count). The molecule has 0 N–H and O–H groups in total. The number of hydrogen-bond acceptors (Lipinski definition) is 2. The first-order valence-corrected chi connectivity index (χ1v) is 6.36. The van der Waals surface area contributed by atoms with Gasteiger partial charge in [0.05, 0.1) is 0 Å². The summed E-state index contributed by atoms with van der Waals surface area (Å²) in [4.78, 5) is 0. The van der Waals surface area contributed by atoms with Crippen molar-refractivity contribution in [1.29, 1.82) is 0 Å². The van der Waals surface area contributed by atoms with Crippen LogP contribution in [0.5, 0.6) is 5.75 Å². The molecule has 1 aromatic carbocycles. The first kappa shape index (κ1) is 19.7. The highest BCUT2D eigenvalue weighted by molar-refractivity contribution is 14.1. The minimum absolute atomic E-state index is 0.490. The predicted molar refractivity (Wildman–Crippen MR) is 66.1 cm³/mol. The van der Waals surface area contributed by atoms with E-state index in [4.69, 9.17) is 0 Å². The third-order valence-corrected chi connectivity index (χ3v) is 2.88. The van der Waals surface area contributed by atoms with Gasteiger partial charge in [0.2, 0.25) is 0 Å². The minimum Gasteiger partial charge on any atom is -0.428 e. The lowest BCUT2D eigenvalue weighted by atomic mass is 10.3. The summed E-state index contributed by atoms with van der Waals surface area (Å²) in [6, 6.07) is 0.401. The highest BCUT2D eigenvalue weighted by Crippen LogP contribution is 2.48. The van der Waals surface area contributed by atoms with Crippen LogP contribution in [0.1, 0.15) is 0 Å². The zero-order chi connectivity index (χ0) is 18.1. The van der Waals surface area contributed by atoms with Gasteiger partial charge >= 0.3 is 30.2 Å². The molecular weight excluding hydrogens is 462 g/mol. The zero-order valence-corrected chi connectivity index (χ0v) is 12.6. The van der Waals surface area contributed by atoms with E-state index in [2.05, 4.69) is 9.47 Å². The van der Waals surface area contributed by atoms with Gasteiger partial charge in [0.1, 0.15) is 5.75 Å². The van der Waals surface area contributed by atoms with E-state index in [1.807, 2.05) is 0 Å². The molecular formula is C11H4F9IO2. The predicted octanol–water partition coefficient (Wildman–Crippen LogP) is 5.54. The van der Waals surface area contributed by atoms with Crippen molar-refractivity contribution in [2.75, 3.05) is 0 Å². The molecule has 1 aromatic rings. The van der Waals surface area contributed by atoms with E-state index >= 15 is 0 Å². The molecule has 0 heterocycles. The van der Waals surface area contributed by atoms with Gasteiger partial charge in [0.15, 0.2) is 0 Å². The molecule has 0 amide bonds. The second-order valence-electron chi connectivity index (χ2n) is 3.80. The van der Waals surface area contributed by atoms with Crippen molar-refractivity contribution in [2.45, 2.75) is 18.1 Å². The van der Waals surface area contributed by atoms with Crippen molar-refractivity contribution in [3.8, 4) is 5.75 Å². The molecule has 0 bridgehead atoms. The normalized spacial score (nSPS) is 12.8. The Kier molecular flexibility index (Phi) is 5.70. The van der Waals surface area contributed by atoms with Crippen LogP contribution in [-0.4, -0.2) is 18.1 Å². The maximum absolute atomic E-state index is 13.3. The van der Waals surface area contributed by atoms with Crippen LogP contribution < -0.4 is 4.74 Å². The first-order valence-electron chi connectivity index (χ1n) is 5.28. The molecule has 0 saturated carbocycles. The third kappa shape index (κ3) is 4.35. The highest BCUT2D eigenvalue weighted by atomic mass is 127. The van der Waals surface area contributed by atoms with Crippen LogP contribution in [0.4, 0.5) is 39.5 Å². The van der Waals surface area contributed by atoms with Gasteiger partial charge in [-0.1, -0.05) is 0 Å². The van der Waals surface area contributed by atoms with Crippen LogP contribution in [0, 0.1) is 3.57 Å². The molecule has 0 aliphatic heterocycles. The van der Waals surface area contributed by atoms with Crippen molar-refractivity contribution in [3.63, 3.8) is 0 Å². The van der Waals surface area contributed by atoms with Gasteiger partial charge in [-0.25, -0.2) is 0 Å². The fraction of sp³-hybridized carbons (Fsp3) is 0.273. The Hall–Kier alpha value is -1.34. The maximum Gasteiger partial charge on any atom is 0.477 e. The van der Waals surface area contributed by atoms with E-state index < -0.39 is 36.0 Å². The van der Waals surface area contributed by atoms with Crippen LogP contribution in [0.2, 0.25) is 0 Å². The smallest absolute Gasteiger partial charge is 0.428 e. The molecule has 0 radical (unpaired) electrons. The van der Waals surface area contributed by atoms with E-state index in [1.165, 1.54) is 0 Å². The summed E-state index contributed by atoms with van der Waals surface area (Å²) in [6.07, 6.45) is -15.7. The number of benzene rings is 1. The van der Waals surface area contributed by atoms with E-state index in [0.717, 1.165) is 24.3 Å². The summed E-state index contributed by atoms with van der Waals surface area (Å²) < 4.78 is 121. The van der Waals surface area contributed by atoms with E-state index in [-0.39, 0.29) is 0 Å². The SMILES string of the molecule is FC(F)=C(F)OC(F)(F)C(F)(F)C(F)(F)Oc1ccc(I)cc1. The number of ether oxygens (including phenoxy) is 2. The lowest BCUT2D eigenvalue weighted by molar-refractivity contribution is -0.430. The Bertz CT molecular complexity index is 582. The topological polar surface area (TPSA) is 18.5 Å². The van der Waals surface area contributed by atoms with Crippen molar-refractivity contribution < 1.29 is 49.0 Å². The highest BCUT2D eigenvalue weighted by Gasteiger charge is 2.77. The van der Waals surface area contributed by atoms with Crippen molar-refractivity contribution in [3.05, 3.63) is 39.9 Å². The number of hydrogen-bond donors (Lipinski definition) is 0. The number of halogens is 10. The van der Waals surface area contributed by atoms with Crippen LogP contribution in [0.25, 0.3) is 0 Å². The Labute approximate surface area is 136 Å². The largest absolute Gasteiger partial charge is 0.477 e. The minimum atomic E-state index is -6.46. The zero-order valence-electron chi connectivity index (χ0n) is 10.4. The summed E-state index contributed by atoms with van der Waals surface area (Å²) in [7, 11) is 0. The summed E-state index contributed by atoms with van der Waals surface area (Å²) in [5, 5.41) is 0. The monoisotopic (exact) mass is 466 g/mol. The van der Waals surface area contributed by atoms with Gasteiger partial charge in [-0.2, -0.15) is 39.5 Å². The molecule has 0 unspecified atom stereocenters. The van der Waals surface area contributed by atoms with Crippen LogP contribution in [-0.2, 0) is 4.74 Å². The lowest BCUT2D eigenvalue weighted by Gasteiger charge is -2.30. The number of rotatable bonds is 6. The van der Waals surface area contributed by atoms with E-state index in [0.29, 0.717) is 3.57 Å². The van der Waals surface area contributed by atoms with E-state index in [1.54, 1.807) is 22.6 Å². The summed E-state index contributed by atoms with van der Waals surface area (Å²) in [5.74, 6) is -7.38. The second-order valence-corrected chi connectivity index (χ2v) is 5.05. The van der Waals surface area contributed by atoms with Gasteiger partial charge in [-0.3, -0.25) is 0 Å². The molecule has 2 nitrogen and oxygen atoms in total. The fourth-order valence-electron chi connectivity index (χ4n) is 1.10. The molecule has 23 heavy (non-hydrogen) atoms. The fourth-order valence-corrected chi connectivity index (χ4v) is 1.46. The van der Waals surface area contributed by atoms with Gasteiger partial charge < -0.3 is 9.47 Å². The lowest BCUT2D eigenvalue weighted by Crippen LogP contribution is -2.57. The molecule has 0 aliphatic rings. The number of alkyl halides is 6. The van der Waals surface area contributed by atoms with Crippen molar-refractivity contribution in [1.82, 2.24) is 0 Å². The molecule has 0 fully saturated rings. The average Bonchev–Trinajstić information content (AvgIpc) is 2.40. The average molecular weight is 466 g/mol. The summed E-state index contributed by atoms with van der Waals surface area (Å²) >= 11 is 1.73. The molecule has 0 aliphatic carbocycles. The molecule has 0 aromatic heterocycles. The molecule has 0 saturated heterocycles. The Morgan fingerprint density at radius 3 is 1.74 bits per heavy atom. The quantitative estimate of drug-likeness (QED) is 0.312. The van der Waals surface area contributed by atoms with Crippen LogP contribution >= 0.6 is 22.6 Å². The van der Waals surface area contributed by atoms with Gasteiger partial charge in [0, 0.05) is 3.57 Å².